The number of nitrogens with zero attached hydrogens (tertiary/aromatic N) is 2. The Kier molecular flexibility index (Phi) is 9.52. The standard InChI is InChI=1S/C31H35ClN4O4S/c1-40-18-8-15-33-41(38,39)25-13-14-28-26(20-25)29(31(37)35-28)30(22-9-4-2-5-10-22)34-24-12-11-23(27(32)19-24)21-36-16-6-3-7-17-36/h2,4-5,9-14,19-20,29,33H,3,6-8,15-18,21H2,1H3,(H,35,37). The normalized spacial score (nSPS) is 17.9. The van der Waals surface area contributed by atoms with Crippen LogP contribution in [0.3, 0.4) is 0 Å². The monoisotopic (exact) mass is 594 g/mol. The van der Waals surface area contributed by atoms with Gasteiger partial charge in [0.2, 0.25) is 15.9 Å². The molecule has 216 valence electrons. The van der Waals surface area contributed by atoms with Gasteiger partial charge in [-0.25, -0.2) is 13.1 Å². The van der Waals surface area contributed by atoms with E-state index in [1.807, 2.05) is 48.5 Å². The van der Waals surface area contributed by atoms with Crippen LogP contribution in [0, 0.1) is 0 Å². The van der Waals surface area contributed by atoms with Crippen molar-refractivity contribution in [3.05, 3.63) is 88.4 Å². The van der Waals surface area contributed by atoms with Crippen molar-refractivity contribution in [1.82, 2.24) is 9.62 Å². The third-order valence-electron chi connectivity index (χ3n) is 7.45. The van der Waals surface area contributed by atoms with E-state index in [9.17, 15) is 13.2 Å². The summed E-state index contributed by atoms with van der Waals surface area (Å²) in [6.45, 7) is 3.64. The summed E-state index contributed by atoms with van der Waals surface area (Å²) in [6.07, 6.45) is 4.24. The maximum atomic E-state index is 13.4. The molecule has 5 rings (SSSR count). The Balaban J connectivity index is 1.49. The highest BCUT2D eigenvalue weighted by atomic mass is 35.5. The number of aliphatic imine (C=N–C) groups is 1. The third-order valence-corrected chi connectivity index (χ3v) is 9.26. The summed E-state index contributed by atoms with van der Waals surface area (Å²) in [5.41, 5.74) is 4.08. The van der Waals surface area contributed by atoms with Crippen LogP contribution in [0.1, 0.15) is 48.3 Å². The molecule has 2 aliphatic rings. The number of fused-ring (bicyclic) bond motifs is 1. The Bertz CT molecular complexity index is 1520. The first kappa shape index (κ1) is 29.4. The van der Waals surface area contributed by atoms with E-state index in [-0.39, 0.29) is 17.3 Å². The molecule has 41 heavy (non-hydrogen) atoms. The number of benzene rings is 3. The lowest BCUT2D eigenvalue weighted by atomic mass is 9.90. The van der Waals surface area contributed by atoms with Gasteiger partial charge in [-0.05, 0) is 79.4 Å². The van der Waals surface area contributed by atoms with E-state index in [0.717, 1.165) is 30.8 Å². The molecule has 0 aromatic heterocycles. The highest BCUT2D eigenvalue weighted by Crippen LogP contribution is 2.38. The minimum atomic E-state index is -3.78. The molecule has 1 saturated heterocycles. The van der Waals surface area contributed by atoms with Gasteiger partial charge in [0.1, 0.15) is 5.92 Å². The number of ether oxygens (including phenoxy) is 1. The van der Waals surface area contributed by atoms with Crippen LogP contribution in [-0.4, -0.2) is 58.3 Å². The molecule has 2 N–H and O–H groups in total. The van der Waals surface area contributed by atoms with Crippen LogP contribution in [0.5, 0.6) is 0 Å². The van der Waals surface area contributed by atoms with Crippen molar-refractivity contribution in [1.29, 1.82) is 0 Å². The zero-order valence-electron chi connectivity index (χ0n) is 23.1. The second-order valence-electron chi connectivity index (χ2n) is 10.4. The summed E-state index contributed by atoms with van der Waals surface area (Å²) in [5, 5.41) is 3.54. The molecule has 8 nitrogen and oxygen atoms in total. The molecule has 0 saturated carbocycles. The van der Waals surface area contributed by atoms with E-state index < -0.39 is 15.9 Å². The molecule has 0 radical (unpaired) electrons. The van der Waals surface area contributed by atoms with Crippen molar-refractivity contribution in [2.45, 2.75) is 43.0 Å². The summed E-state index contributed by atoms with van der Waals surface area (Å²) < 4.78 is 33.7. The zero-order chi connectivity index (χ0) is 28.8. The number of sulfonamides is 1. The average Bonchev–Trinajstić information content (AvgIpc) is 3.31. The van der Waals surface area contributed by atoms with Crippen LogP contribution in [0.25, 0.3) is 0 Å². The predicted octanol–water partition coefficient (Wildman–Crippen LogP) is 5.50. The Morgan fingerprint density at radius 3 is 2.59 bits per heavy atom. The molecule has 2 heterocycles. The maximum absolute atomic E-state index is 13.4. The van der Waals surface area contributed by atoms with Gasteiger partial charge in [-0.1, -0.05) is 54.4 Å². The fourth-order valence-corrected chi connectivity index (χ4v) is 6.66. The Labute approximate surface area is 246 Å². The van der Waals surface area contributed by atoms with Crippen LogP contribution in [0.15, 0.2) is 76.6 Å². The van der Waals surface area contributed by atoms with Crippen molar-refractivity contribution in [3.8, 4) is 0 Å². The lowest BCUT2D eigenvalue weighted by Crippen LogP contribution is -2.29. The number of methoxy groups -OCH3 is 1. The summed E-state index contributed by atoms with van der Waals surface area (Å²) in [6, 6.07) is 19.9. The number of likely N-dealkylation sites (tertiary alicyclic amines) is 1. The van der Waals surface area contributed by atoms with Crippen molar-refractivity contribution < 1.29 is 17.9 Å². The number of anilines is 1. The van der Waals surface area contributed by atoms with Crippen molar-refractivity contribution in [2.75, 3.05) is 38.7 Å². The minimum absolute atomic E-state index is 0.0905. The molecule has 1 atom stereocenters. The third kappa shape index (κ3) is 7.05. The average molecular weight is 595 g/mol. The Morgan fingerprint density at radius 2 is 1.85 bits per heavy atom. The van der Waals surface area contributed by atoms with Crippen LogP contribution >= 0.6 is 11.6 Å². The van der Waals surface area contributed by atoms with Crippen LogP contribution < -0.4 is 10.0 Å². The fraction of sp³-hybridized carbons (Fsp3) is 0.355. The zero-order valence-corrected chi connectivity index (χ0v) is 24.7. The topological polar surface area (TPSA) is 100 Å². The van der Waals surface area contributed by atoms with Crippen molar-refractivity contribution >= 4 is 44.6 Å². The van der Waals surface area contributed by atoms with Gasteiger partial charge in [-0.15, -0.1) is 0 Å². The van der Waals surface area contributed by atoms with Gasteiger partial charge in [-0.2, -0.15) is 0 Å². The molecule has 2 aliphatic heterocycles. The second kappa shape index (κ2) is 13.3. The molecule has 0 bridgehead atoms. The number of halogens is 1. The summed E-state index contributed by atoms with van der Waals surface area (Å²) in [7, 11) is -2.21. The van der Waals surface area contributed by atoms with E-state index in [0.29, 0.717) is 40.7 Å². The number of carbonyl (C=O) groups is 1. The smallest absolute Gasteiger partial charge is 0.240 e. The molecule has 1 fully saturated rings. The minimum Gasteiger partial charge on any atom is -0.385 e. The number of amides is 1. The highest BCUT2D eigenvalue weighted by Gasteiger charge is 2.36. The van der Waals surface area contributed by atoms with Gasteiger partial charge in [0.15, 0.2) is 0 Å². The van der Waals surface area contributed by atoms with E-state index in [1.54, 1.807) is 19.2 Å². The SMILES string of the molecule is COCCCNS(=O)(=O)c1ccc2c(c1)C(C(=Nc1ccc(CN3CCCCC3)c(Cl)c1)c1ccccc1)C(=O)N2. The Morgan fingerprint density at radius 1 is 1.07 bits per heavy atom. The van der Waals surface area contributed by atoms with Crippen LogP contribution in [0.4, 0.5) is 11.4 Å². The van der Waals surface area contributed by atoms with Crippen LogP contribution in [0.2, 0.25) is 5.02 Å². The molecule has 10 heteroatoms. The van der Waals surface area contributed by atoms with E-state index in [1.165, 1.54) is 25.3 Å². The number of hydrogen-bond acceptors (Lipinski definition) is 6. The number of carbonyl (C=O) groups excluding carboxylic acids is 1. The molecular formula is C31H35ClN4O4S. The largest absolute Gasteiger partial charge is 0.385 e. The molecule has 1 amide bonds. The molecule has 3 aromatic carbocycles. The van der Waals surface area contributed by atoms with Crippen molar-refractivity contribution in [3.63, 3.8) is 0 Å². The fourth-order valence-electron chi connectivity index (χ4n) is 5.32. The van der Waals surface area contributed by atoms with Crippen molar-refractivity contribution in [2.24, 2.45) is 4.99 Å². The maximum Gasteiger partial charge on any atom is 0.240 e. The van der Waals surface area contributed by atoms with E-state index in [4.69, 9.17) is 21.3 Å². The quantitative estimate of drug-likeness (QED) is 0.226. The first-order chi connectivity index (χ1) is 19.9. The first-order valence-corrected chi connectivity index (χ1v) is 15.8. The Hall–Kier alpha value is -3.08. The van der Waals surface area contributed by atoms with Gasteiger partial charge >= 0.3 is 0 Å². The van der Waals surface area contributed by atoms with E-state index in [2.05, 4.69) is 14.9 Å². The van der Waals surface area contributed by atoms with Gasteiger partial charge < -0.3 is 10.1 Å². The van der Waals surface area contributed by atoms with Gasteiger partial charge in [0, 0.05) is 37.5 Å². The van der Waals surface area contributed by atoms with Gasteiger partial charge in [0.05, 0.1) is 16.3 Å². The lowest BCUT2D eigenvalue weighted by molar-refractivity contribution is -0.115. The first-order valence-electron chi connectivity index (χ1n) is 13.9. The van der Waals surface area contributed by atoms with E-state index >= 15 is 0 Å². The molecular weight excluding hydrogens is 560 g/mol. The summed E-state index contributed by atoms with van der Waals surface area (Å²) in [4.78, 5) is 20.8. The summed E-state index contributed by atoms with van der Waals surface area (Å²) >= 11 is 6.72. The second-order valence-corrected chi connectivity index (χ2v) is 12.6. The highest BCUT2D eigenvalue weighted by molar-refractivity contribution is 7.89. The molecule has 0 spiro atoms. The number of hydrogen-bond donors (Lipinski definition) is 2. The van der Waals surface area contributed by atoms with Gasteiger partial charge in [0.25, 0.3) is 0 Å². The molecule has 1 unspecified atom stereocenters. The summed E-state index contributed by atoms with van der Waals surface area (Å²) in [5.74, 6) is -1.07. The van der Waals surface area contributed by atoms with Gasteiger partial charge in [-0.3, -0.25) is 14.7 Å². The molecule has 3 aromatic rings. The number of rotatable bonds is 11. The lowest BCUT2D eigenvalue weighted by Gasteiger charge is -2.26. The molecule has 0 aliphatic carbocycles. The number of nitrogens with one attached hydrogen (secondary N) is 2. The predicted molar refractivity (Wildman–Crippen MR) is 163 cm³/mol. The number of piperidine rings is 1. The van der Waals surface area contributed by atoms with Crippen LogP contribution in [-0.2, 0) is 26.1 Å².